The summed E-state index contributed by atoms with van der Waals surface area (Å²) in [4.78, 5) is 6.60. The third kappa shape index (κ3) is 2.18. The zero-order valence-corrected chi connectivity index (χ0v) is 11.7. The van der Waals surface area contributed by atoms with E-state index in [0.717, 1.165) is 30.9 Å². The highest BCUT2D eigenvalue weighted by atomic mass is 16.5. The maximum atomic E-state index is 5.42. The van der Waals surface area contributed by atoms with Crippen LogP contribution in [0.5, 0.6) is 0 Å². The molecule has 3 heterocycles. The first-order valence-electron chi connectivity index (χ1n) is 6.97. The first-order valence-corrected chi connectivity index (χ1v) is 6.97. The van der Waals surface area contributed by atoms with E-state index in [9.17, 15) is 0 Å². The van der Waals surface area contributed by atoms with Gasteiger partial charge in [-0.25, -0.2) is 0 Å². The van der Waals surface area contributed by atoms with E-state index in [1.807, 2.05) is 41.9 Å². The third-order valence-corrected chi connectivity index (χ3v) is 3.64. The third-order valence-electron chi connectivity index (χ3n) is 3.64. The molecule has 21 heavy (non-hydrogen) atoms. The van der Waals surface area contributed by atoms with Crippen molar-refractivity contribution in [2.75, 3.05) is 11.4 Å². The van der Waals surface area contributed by atoms with Gasteiger partial charge in [0.15, 0.2) is 0 Å². The molecule has 4 rings (SSSR count). The van der Waals surface area contributed by atoms with Crippen molar-refractivity contribution in [2.45, 2.75) is 20.0 Å². The van der Waals surface area contributed by atoms with E-state index >= 15 is 0 Å². The maximum absolute atomic E-state index is 5.42. The molecular formula is C15H15N5O. The first kappa shape index (κ1) is 12.1. The minimum atomic E-state index is 0.568. The molecule has 0 radical (unpaired) electrons. The molecule has 0 saturated heterocycles. The van der Waals surface area contributed by atoms with Crippen molar-refractivity contribution in [3.8, 4) is 11.4 Å². The first-order chi connectivity index (χ1) is 10.3. The quantitative estimate of drug-likeness (QED) is 0.721. The van der Waals surface area contributed by atoms with Gasteiger partial charge in [-0.3, -0.25) is 4.68 Å². The molecule has 0 unspecified atom stereocenters. The standard InChI is InChI=1S/C15H15N5O/c1-11-9-13-10-19(7-8-20(13)17-11)15-16-14(18-21-15)12-5-3-2-4-6-12/h2-6,9H,7-8,10H2,1H3. The minimum absolute atomic E-state index is 0.568. The molecule has 0 aliphatic carbocycles. The number of benzene rings is 1. The van der Waals surface area contributed by atoms with Crippen molar-refractivity contribution in [1.82, 2.24) is 19.9 Å². The van der Waals surface area contributed by atoms with Crippen LogP contribution in [0.4, 0.5) is 6.01 Å². The monoisotopic (exact) mass is 281 g/mol. The van der Waals surface area contributed by atoms with Crippen LogP contribution in [0, 0.1) is 6.92 Å². The fourth-order valence-corrected chi connectivity index (χ4v) is 2.62. The number of aryl methyl sites for hydroxylation is 1. The number of anilines is 1. The van der Waals surface area contributed by atoms with Crippen LogP contribution in [-0.4, -0.2) is 26.5 Å². The van der Waals surface area contributed by atoms with Gasteiger partial charge in [-0.2, -0.15) is 10.1 Å². The van der Waals surface area contributed by atoms with Crippen LogP contribution in [0.25, 0.3) is 11.4 Å². The van der Waals surface area contributed by atoms with Gasteiger partial charge in [0.25, 0.3) is 0 Å². The molecule has 0 bridgehead atoms. The second kappa shape index (κ2) is 4.73. The Hall–Kier alpha value is -2.63. The Balaban J connectivity index is 1.60. The van der Waals surface area contributed by atoms with Crippen LogP contribution in [0.2, 0.25) is 0 Å². The van der Waals surface area contributed by atoms with Gasteiger partial charge in [0, 0.05) is 12.1 Å². The van der Waals surface area contributed by atoms with Crippen molar-refractivity contribution in [2.24, 2.45) is 0 Å². The summed E-state index contributed by atoms with van der Waals surface area (Å²) in [5.74, 6) is 0.626. The second-order valence-electron chi connectivity index (χ2n) is 5.19. The summed E-state index contributed by atoms with van der Waals surface area (Å²) in [7, 11) is 0. The molecule has 6 nitrogen and oxygen atoms in total. The number of aromatic nitrogens is 4. The lowest BCUT2D eigenvalue weighted by molar-refractivity contribution is 0.397. The Kier molecular flexibility index (Phi) is 2.73. The number of fused-ring (bicyclic) bond motifs is 1. The highest BCUT2D eigenvalue weighted by molar-refractivity contribution is 5.55. The lowest BCUT2D eigenvalue weighted by atomic mass is 10.2. The highest BCUT2D eigenvalue weighted by Gasteiger charge is 2.22. The van der Waals surface area contributed by atoms with Crippen molar-refractivity contribution in [3.05, 3.63) is 47.8 Å². The molecule has 0 atom stereocenters. The summed E-state index contributed by atoms with van der Waals surface area (Å²) < 4.78 is 7.46. The SMILES string of the molecule is Cc1cc2n(n1)CCN(c1nc(-c3ccccc3)no1)C2. The van der Waals surface area contributed by atoms with E-state index < -0.39 is 0 Å². The molecule has 0 N–H and O–H groups in total. The van der Waals surface area contributed by atoms with Gasteiger partial charge in [-0.1, -0.05) is 35.5 Å². The van der Waals surface area contributed by atoms with Crippen LogP contribution in [-0.2, 0) is 13.1 Å². The zero-order chi connectivity index (χ0) is 14.2. The Morgan fingerprint density at radius 1 is 1.14 bits per heavy atom. The predicted octanol–water partition coefficient (Wildman–Crippen LogP) is 2.26. The van der Waals surface area contributed by atoms with Gasteiger partial charge in [0.05, 0.1) is 24.5 Å². The van der Waals surface area contributed by atoms with Crippen LogP contribution in [0.1, 0.15) is 11.4 Å². The molecular weight excluding hydrogens is 266 g/mol. The molecule has 6 heteroatoms. The number of hydrogen-bond acceptors (Lipinski definition) is 5. The van der Waals surface area contributed by atoms with Crippen LogP contribution in [0.15, 0.2) is 40.9 Å². The number of rotatable bonds is 2. The summed E-state index contributed by atoms with van der Waals surface area (Å²) in [5, 5.41) is 8.53. The minimum Gasteiger partial charge on any atom is -0.317 e. The van der Waals surface area contributed by atoms with Gasteiger partial charge in [-0.05, 0) is 13.0 Å². The average Bonchev–Trinajstić information content (AvgIpc) is 3.12. The normalized spacial score (nSPS) is 14.2. The van der Waals surface area contributed by atoms with Crippen LogP contribution < -0.4 is 4.90 Å². The number of nitrogens with zero attached hydrogens (tertiary/aromatic N) is 5. The van der Waals surface area contributed by atoms with Gasteiger partial charge in [-0.15, -0.1) is 0 Å². The van der Waals surface area contributed by atoms with E-state index in [2.05, 4.69) is 26.2 Å². The van der Waals surface area contributed by atoms with Crippen molar-refractivity contribution >= 4 is 6.01 Å². The van der Waals surface area contributed by atoms with Gasteiger partial charge in [0.2, 0.25) is 5.82 Å². The van der Waals surface area contributed by atoms with Crippen LogP contribution >= 0.6 is 0 Å². The topological polar surface area (TPSA) is 60.0 Å². The summed E-state index contributed by atoms with van der Waals surface area (Å²) in [6.45, 7) is 4.42. The largest absolute Gasteiger partial charge is 0.324 e. The van der Waals surface area contributed by atoms with E-state index in [1.165, 1.54) is 5.69 Å². The molecule has 0 amide bonds. The molecule has 3 aromatic rings. The lowest BCUT2D eigenvalue weighted by Gasteiger charge is -2.25. The molecule has 106 valence electrons. The van der Waals surface area contributed by atoms with E-state index in [-0.39, 0.29) is 0 Å². The number of hydrogen-bond donors (Lipinski definition) is 0. The zero-order valence-electron chi connectivity index (χ0n) is 11.7. The molecule has 1 aromatic carbocycles. The van der Waals surface area contributed by atoms with E-state index in [0.29, 0.717) is 11.8 Å². The molecule has 0 spiro atoms. The maximum Gasteiger partial charge on any atom is 0.324 e. The van der Waals surface area contributed by atoms with Crippen molar-refractivity contribution in [1.29, 1.82) is 0 Å². The summed E-state index contributed by atoms with van der Waals surface area (Å²) in [6, 6.07) is 12.5. The summed E-state index contributed by atoms with van der Waals surface area (Å²) >= 11 is 0. The Labute approximate surface area is 122 Å². The Morgan fingerprint density at radius 2 is 2.00 bits per heavy atom. The van der Waals surface area contributed by atoms with Crippen molar-refractivity contribution < 1.29 is 4.52 Å². The average molecular weight is 281 g/mol. The highest BCUT2D eigenvalue weighted by Crippen LogP contribution is 2.23. The molecule has 0 fully saturated rings. The molecule has 2 aromatic heterocycles. The van der Waals surface area contributed by atoms with Gasteiger partial charge < -0.3 is 9.42 Å². The van der Waals surface area contributed by atoms with E-state index in [1.54, 1.807) is 0 Å². The van der Waals surface area contributed by atoms with Crippen LogP contribution in [0.3, 0.4) is 0 Å². The fourth-order valence-electron chi connectivity index (χ4n) is 2.62. The Bertz CT molecular complexity index is 761. The lowest BCUT2D eigenvalue weighted by Crippen LogP contribution is -2.33. The van der Waals surface area contributed by atoms with Gasteiger partial charge in [0.1, 0.15) is 0 Å². The summed E-state index contributed by atoms with van der Waals surface area (Å²) in [6.07, 6.45) is 0. The fraction of sp³-hybridized carbons (Fsp3) is 0.267. The summed E-state index contributed by atoms with van der Waals surface area (Å²) in [5.41, 5.74) is 3.19. The molecule has 1 aliphatic rings. The Morgan fingerprint density at radius 3 is 2.86 bits per heavy atom. The van der Waals surface area contributed by atoms with E-state index in [4.69, 9.17) is 4.52 Å². The molecule has 1 aliphatic heterocycles. The van der Waals surface area contributed by atoms with Gasteiger partial charge >= 0.3 is 6.01 Å². The molecule has 0 saturated carbocycles. The predicted molar refractivity (Wildman–Crippen MR) is 77.7 cm³/mol. The smallest absolute Gasteiger partial charge is 0.317 e. The second-order valence-corrected chi connectivity index (χ2v) is 5.19. The van der Waals surface area contributed by atoms with Crippen molar-refractivity contribution in [3.63, 3.8) is 0 Å².